The van der Waals surface area contributed by atoms with Gasteiger partial charge in [0, 0.05) is 36.7 Å². The van der Waals surface area contributed by atoms with Gasteiger partial charge in [0.15, 0.2) is 0 Å². The minimum absolute atomic E-state index is 0.303. The first-order valence-corrected chi connectivity index (χ1v) is 6.47. The van der Waals surface area contributed by atoms with Crippen molar-refractivity contribution in [1.82, 2.24) is 0 Å². The minimum atomic E-state index is -0.303. The molecule has 2 N–H and O–H groups in total. The summed E-state index contributed by atoms with van der Waals surface area (Å²) in [5.41, 5.74) is 6.16. The molecule has 0 aromatic heterocycles. The van der Waals surface area contributed by atoms with E-state index in [9.17, 15) is 4.39 Å². The maximum atomic E-state index is 12.8. The van der Waals surface area contributed by atoms with Gasteiger partial charge in [-0.25, -0.2) is 4.39 Å². The van der Waals surface area contributed by atoms with E-state index in [2.05, 4.69) is 0 Å². The van der Waals surface area contributed by atoms with E-state index in [1.165, 1.54) is 12.1 Å². The SMILES string of the molecule is COCCCOCCSc1ccc(F)cc1N. The number of hydrogen-bond donors (Lipinski definition) is 1. The molecular weight excluding hydrogens is 241 g/mol. The van der Waals surface area contributed by atoms with Crippen molar-refractivity contribution in [3.8, 4) is 0 Å². The quantitative estimate of drug-likeness (QED) is 0.443. The third-order valence-corrected chi connectivity index (χ3v) is 3.15. The Balaban J connectivity index is 2.14. The maximum Gasteiger partial charge on any atom is 0.125 e. The lowest BCUT2D eigenvalue weighted by molar-refractivity contribution is 0.113. The lowest BCUT2D eigenvalue weighted by Gasteiger charge is -2.06. The molecule has 0 unspecified atom stereocenters. The monoisotopic (exact) mass is 259 g/mol. The molecule has 0 aliphatic heterocycles. The number of halogens is 1. The molecule has 0 atom stereocenters. The average Bonchev–Trinajstić information content (AvgIpc) is 2.30. The third-order valence-electron chi connectivity index (χ3n) is 2.09. The van der Waals surface area contributed by atoms with Gasteiger partial charge in [-0.3, -0.25) is 0 Å². The highest BCUT2D eigenvalue weighted by atomic mass is 32.2. The third kappa shape index (κ3) is 5.91. The Morgan fingerprint density at radius 3 is 2.82 bits per heavy atom. The predicted molar refractivity (Wildman–Crippen MR) is 68.8 cm³/mol. The largest absolute Gasteiger partial charge is 0.398 e. The number of anilines is 1. The first-order chi connectivity index (χ1) is 8.24. The van der Waals surface area contributed by atoms with Crippen LogP contribution in [0.2, 0.25) is 0 Å². The molecule has 0 fully saturated rings. The Labute approximate surface area is 105 Å². The second kappa shape index (κ2) is 8.33. The van der Waals surface area contributed by atoms with Gasteiger partial charge in [0.05, 0.1) is 6.61 Å². The molecule has 0 bridgehead atoms. The highest BCUT2D eigenvalue weighted by Crippen LogP contribution is 2.25. The number of nitrogens with two attached hydrogens (primary N) is 1. The number of thioether (sulfide) groups is 1. The van der Waals surface area contributed by atoms with E-state index in [-0.39, 0.29) is 5.82 Å². The van der Waals surface area contributed by atoms with Crippen LogP contribution in [0.5, 0.6) is 0 Å². The van der Waals surface area contributed by atoms with E-state index in [1.807, 2.05) is 0 Å². The van der Waals surface area contributed by atoms with Gasteiger partial charge in [-0.2, -0.15) is 0 Å². The first-order valence-electron chi connectivity index (χ1n) is 5.48. The van der Waals surface area contributed by atoms with Crippen molar-refractivity contribution in [2.24, 2.45) is 0 Å². The number of nitrogen functional groups attached to an aromatic ring is 1. The van der Waals surface area contributed by atoms with Crippen LogP contribution in [0.15, 0.2) is 23.1 Å². The van der Waals surface area contributed by atoms with Crippen LogP contribution in [0, 0.1) is 5.82 Å². The molecule has 5 heteroatoms. The van der Waals surface area contributed by atoms with E-state index in [0.717, 1.165) is 23.7 Å². The van der Waals surface area contributed by atoms with Gasteiger partial charge < -0.3 is 15.2 Å². The predicted octanol–water partition coefficient (Wildman–Crippen LogP) is 2.55. The van der Waals surface area contributed by atoms with Crippen molar-refractivity contribution < 1.29 is 13.9 Å². The summed E-state index contributed by atoms with van der Waals surface area (Å²) in [7, 11) is 1.67. The fourth-order valence-corrected chi connectivity index (χ4v) is 2.08. The summed E-state index contributed by atoms with van der Waals surface area (Å²) in [6, 6.07) is 4.44. The van der Waals surface area contributed by atoms with Gasteiger partial charge in [-0.1, -0.05) is 0 Å². The standard InChI is InChI=1S/C12H18FNO2S/c1-15-5-2-6-16-7-8-17-12-4-3-10(13)9-11(12)14/h3-4,9H,2,5-8,14H2,1H3. The smallest absolute Gasteiger partial charge is 0.125 e. The zero-order valence-corrected chi connectivity index (χ0v) is 10.8. The Kier molecular flexibility index (Phi) is 7.00. The molecule has 0 aliphatic carbocycles. The topological polar surface area (TPSA) is 44.5 Å². The summed E-state index contributed by atoms with van der Waals surface area (Å²) in [6.45, 7) is 2.08. The average molecular weight is 259 g/mol. The van der Waals surface area contributed by atoms with Crippen LogP contribution in [0.25, 0.3) is 0 Å². The molecule has 17 heavy (non-hydrogen) atoms. The fraction of sp³-hybridized carbons (Fsp3) is 0.500. The highest BCUT2D eigenvalue weighted by Gasteiger charge is 2.01. The summed E-state index contributed by atoms with van der Waals surface area (Å²) >= 11 is 1.57. The summed E-state index contributed by atoms with van der Waals surface area (Å²) in [5.74, 6) is 0.505. The van der Waals surface area contributed by atoms with Crippen LogP contribution >= 0.6 is 11.8 Å². The zero-order chi connectivity index (χ0) is 12.5. The van der Waals surface area contributed by atoms with Gasteiger partial charge >= 0.3 is 0 Å². The lowest BCUT2D eigenvalue weighted by Crippen LogP contribution is -2.02. The Morgan fingerprint density at radius 2 is 2.12 bits per heavy atom. The molecule has 1 aromatic rings. The summed E-state index contributed by atoms with van der Waals surface area (Å²) in [5, 5.41) is 0. The second-order valence-corrected chi connectivity index (χ2v) is 4.63. The van der Waals surface area contributed by atoms with E-state index in [1.54, 1.807) is 24.9 Å². The minimum Gasteiger partial charge on any atom is -0.398 e. The summed E-state index contributed by atoms with van der Waals surface area (Å²) in [6.07, 6.45) is 0.903. The van der Waals surface area contributed by atoms with E-state index >= 15 is 0 Å². The van der Waals surface area contributed by atoms with Gasteiger partial charge in [0.2, 0.25) is 0 Å². The number of hydrogen-bond acceptors (Lipinski definition) is 4. The van der Waals surface area contributed by atoms with Crippen molar-refractivity contribution in [3.63, 3.8) is 0 Å². The number of methoxy groups -OCH3 is 1. The Morgan fingerprint density at radius 1 is 1.29 bits per heavy atom. The van der Waals surface area contributed by atoms with Crippen LogP contribution < -0.4 is 5.73 Å². The van der Waals surface area contributed by atoms with Crippen molar-refractivity contribution in [2.45, 2.75) is 11.3 Å². The highest BCUT2D eigenvalue weighted by molar-refractivity contribution is 7.99. The molecule has 96 valence electrons. The molecule has 0 amide bonds. The van der Waals surface area contributed by atoms with Crippen molar-refractivity contribution >= 4 is 17.4 Å². The van der Waals surface area contributed by atoms with Crippen molar-refractivity contribution in [1.29, 1.82) is 0 Å². The fourth-order valence-electron chi connectivity index (χ4n) is 1.27. The normalized spacial score (nSPS) is 10.7. The number of rotatable bonds is 8. The molecular formula is C12H18FNO2S. The van der Waals surface area contributed by atoms with E-state index in [0.29, 0.717) is 18.9 Å². The molecule has 3 nitrogen and oxygen atoms in total. The molecule has 0 saturated carbocycles. The molecule has 0 spiro atoms. The number of ether oxygens (including phenoxy) is 2. The van der Waals surface area contributed by atoms with Crippen LogP contribution in [0.4, 0.5) is 10.1 Å². The molecule has 1 aromatic carbocycles. The van der Waals surface area contributed by atoms with Crippen LogP contribution in [-0.2, 0) is 9.47 Å². The molecule has 0 heterocycles. The molecule has 1 rings (SSSR count). The first kappa shape index (κ1) is 14.3. The van der Waals surface area contributed by atoms with Gasteiger partial charge in [0.25, 0.3) is 0 Å². The van der Waals surface area contributed by atoms with Crippen LogP contribution in [-0.4, -0.2) is 32.7 Å². The Hall–Kier alpha value is -0.780. The zero-order valence-electron chi connectivity index (χ0n) is 9.95. The second-order valence-electron chi connectivity index (χ2n) is 3.49. The van der Waals surface area contributed by atoms with Gasteiger partial charge in [0.1, 0.15) is 5.82 Å². The molecule has 0 radical (unpaired) electrons. The van der Waals surface area contributed by atoms with E-state index in [4.69, 9.17) is 15.2 Å². The lowest BCUT2D eigenvalue weighted by atomic mass is 10.3. The molecule has 0 saturated heterocycles. The van der Waals surface area contributed by atoms with Gasteiger partial charge in [-0.15, -0.1) is 11.8 Å². The van der Waals surface area contributed by atoms with E-state index < -0.39 is 0 Å². The summed E-state index contributed by atoms with van der Waals surface area (Å²) in [4.78, 5) is 0.895. The number of benzene rings is 1. The Bertz CT molecular complexity index is 336. The van der Waals surface area contributed by atoms with Gasteiger partial charge in [-0.05, 0) is 24.6 Å². The molecule has 0 aliphatic rings. The summed E-state index contributed by atoms with van der Waals surface area (Å²) < 4.78 is 23.1. The maximum absolute atomic E-state index is 12.8. The van der Waals surface area contributed by atoms with Crippen molar-refractivity contribution in [2.75, 3.05) is 38.4 Å². The van der Waals surface area contributed by atoms with Crippen LogP contribution in [0.3, 0.4) is 0 Å². The van der Waals surface area contributed by atoms with Crippen LogP contribution in [0.1, 0.15) is 6.42 Å². The van der Waals surface area contributed by atoms with Crippen molar-refractivity contribution in [3.05, 3.63) is 24.0 Å².